The number of nitrogens with one attached hydrogen (secondary N) is 1. The highest BCUT2D eigenvalue weighted by atomic mass is 35.5. The number of hydrogen-bond donors (Lipinski definition) is 1. The summed E-state index contributed by atoms with van der Waals surface area (Å²) in [6.45, 7) is 1.75. The lowest BCUT2D eigenvalue weighted by atomic mass is 10.2. The van der Waals surface area contributed by atoms with Crippen molar-refractivity contribution < 1.29 is 0 Å². The van der Waals surface area contributed by atoms with Crippen LogP contribution in [0.15, 0.2) is 36.7 Å². The number of pyridine rings is 1. The third kappa shape index (κ3) is 2.84. The lowest BCUT2D eigenvalue weighted by molar-refractivity contribution is 0.687. The fourth-order valence-corrected chi connectivity index (χ4v) is 3.69. The van der Waals surface area contributed by atoms with Gasteiger partial charge in [-0.3, -0.25) is 0 Å². The predicted octanol–water partition coefficient (Wildman–Crippen LogP) is 4.05. The van der Waals surface area contributed by atoms with E-state index < -0.39 is 0 Å². The number of nitrogens with zero attached hydrogens (tertiary/aromatic N) is 2. The van der Waals surface area contributed by atoms with Crippen LogP contribution in [0.25, 0.3) is 11.0 Å². The van der Waals surface area contributed by atoms with Crippen molar-refractivity contribution in [1.82, 2.24) is 14.9 Å². The van der Waals surface area contributed by atoms with Crippen molar-refractivity contribution in [3.63, 3.8) is 0 Å². The molecule has 0 bridgehead atoms. The molecule has 1 aliphatic rings. The van der Waals surface area contributed by atoms with Gasteiger partial charge in [-0.1, -0.05) is 11.6 Å². The zero-order valence-electron chi connectivity index (χ0n) is 11.6. The lowest BCUT2D eigenvalue weighted by Gasteiger charge is -2.01. The first-order valence-electron chi connectivity index (χ1n) is 7.20. The zero-order chi connectivity index (χ0) is 14.2. The molecule has 1 saturated carbocycles. The minimum Gasteiger partial charge on any atom is -0.327 e. The third-order valence-corrected chi connectivity index (χ3v) is 5.05. The van der Waals surface area contributed by atoms with Crippen molar-refractivity contribution in [3.05, 3.63) is 51.4 Å². The minimum absolute atomic E-state index is 0.719. The second-order valence-corrected chi connectivity index (χ2v) is 7.32. The first-order valence-corrected chi connectivity index (χ1v) is 8.39. The number of rotatable bonds is 5. The van der Waals surface area contributed by atoms with Crippen LogP contribution in [0.3, 0.4) is 0 Å². The fraction of sp³-hybridized carbons (Fsp3) is 0.312. The molecule has 1 fully saturated rings. The molecule has 108 valence electrons. The highest BCUT2D eigenvalue weighted by molar-refractivity contribution is 7.16. The summed E-state index contributed by atoms with van der Waals surface area (Å²) >= 11 is 7.66. The molecule has 3 heterocycles. The van der Waals surface area contributed by atoms with Gasteiger partial charge in [0.1, 0.15) is 5.65 Å². The number of thiophene rings is 1. The second kappa shape index (κ2) is 5.44. The van der Waals surface area contributed by atoms with Gasteiger partial charge in [0, 0.05) is 35.2 Å². The number of fused-ring (bicyclic) bond motifs is 1. The number of halogens is 1. The standard InChI is InChI=1S/C16H16ClN3S/c17-15-6-5-13(21-15)10-20-9-11(8-19-12-3-4-12)14-2-1-7-18-16(14)20/h1-2,5-7,9,12,19H,3-4,8,10H2. The molecule has 5 heteroatoms. The van der Waals surface area contributed by atoms with Crippen LogP contribution in [0.4, 0.5) is 0 Å². The fourth-order valence-electron chi connectivity index (χ4n) is 2.60. The van der Waals surface area contributed by atoms with E-state index in [1.165, 1.54) is 28.7 Å². The van der Waals surface area contributed by atoms with Crippen molar-refractivity contribution in [1.29, 1.82) is 0 Å². The predicted molar refractivity (Wildman–Crippen MR) is 88.0 cm³/mol. The highest BCUT2D eigenvalue weighted by Gasteiger charge is 2.21. The molecular formula is C16H16ClN3S. The molecule has 0 radical (unpaired) electrons. The Bertz CT molecular complexity index is 773. The van der Waals surface area contributed by atoms with Crippen molar-refractivity contribution in [2.75, 3.05) is 0 Å². The Morgan fingerprint density at radius 1 is 1.33 bits per heavy atom. The van der Waals surface area contributed by atoms with Gasteiger partial charge in [0.05, 0.1) is 10.9 Å². The van der Waals surface area contributed by atoms with E-state index in [0.29, 0.717) is 0 Å². The summed E-state index contributed by atoms with van der Waals surface area (Å²) in [5.41, 5.74) is 2.38. The number of aromatic nitrogens is 2. The molecule has 0 aliphatic heterocycles. The Hall–Kier alpha value is -1.36. The van der Waals surface area contributed by atoms with Crippen LogP contribution < -0.4 is 5.32 Å². The van der Waals surface area contributed by atoms with Crippen LogP contribution in [-0.4, -0.2) is 15.6 Å². The molecule has 0 amide bonds. The van der Waals surface area contributed by atoms with E-state index in [1.807, 2.05) is 18.3 Å². The van der Waals surface area contributed by atoms with E-state index in [1.54, 1.807) is 11.3 Å². The van der Waals surface area contributed by atoms with Gasteiger partial charge < -0.3 is 9.88 Å². The van der Waals surface area contributed by atoms with E-state index in [-0.39, 0.29) is 0 Å². The van der Waals surface area contributed by atoms with Crippen LogP contribution in [-0.2, 0) is 13.1 Å². The molecule has 0 aromatic carbocycles. The SMILES string of the molecule is Clc1ccc(Cn2cc(CNC3CC3)c3cccnc32)s1. The monoisotopic (exact) mass is 317 g/mol. The molecular weight excluding hydrogens is 302 g/mol. The average Bonchev–Trinajstić information content (AvgIpc) is 3.15. The van der Waals surface area contributed by atoms with Crippen molar-refractivity contribution in [3.8, 4) is 0 Å². The van der Waals surface area contributed by atoms with E-state index in [2.05, 4.69) is 33.2 Å². The molecule has 3 aromatic heterocycles. The number of hydrogen-bond acceptors (Lipinski definition) is 3. The molecule has 4 rings (SSSR count). The summed E-state index contributed by atoms with van der Waals surface area (Å²) < 4.78 is 3.06. The van der Waals surface area contributed by atoms with Gasteiger partial charge in [-0.15, -0.1) is 11.3 Å². The first kappa shape index (κ1) is 13.3. The van der Waals surface area contributed by atoms with E-state index in [0.717, 1.165) is 29.1 Å². The normalized spacial score (nSPS) is 14.9. The maximum absolute atomic E-state index is 6.03. The van der Waals surface area contributed by atoms with Gasteiger partial charge >= 0.3 is 0 Å². The Kier molecular flexibility index (Phi) is 3.45. The Balaban J connectivity index is 1.66. The average molecular weight is 318 g/mol. The summed E-state index contributed by atoms with van der Waals surface area (Å²) in [4.78, 5) is 5.81. The molecule has 3 nitrogen and oxygen atoms in total. The summed E-state index contributed by atoms with van der Waals surface area (Å²) in [5.74, 6) is 0. The molecule has 3 aromatic rings. The van der Waals surface area contributed by atoms with Gasteiger partial charge in [-0.25, -0.2) is 4.98 Å². The highest BCUT2D eigenvalue weighted by Crippen LogP contribution is 2.26. The van der Waals surface area contributed by atoms with Crippen LogP contribution in [0.1, 0.15) is 23.3 Å². The lowest BCUT2D eigenvalue weighted by Crippen LogP contribution is -2.14. The van der Waals surface area contributed by atoms with Crippen LogP contribution in [0.2, 0.25) is 4.34 Å². The van der Waals surface area contributed by atoms with E-state index >= 15 is 0 Å². The maximum atomic E-state index is 6.03. The van der Waals surface area contributed by atoms with Crippen LogP contribution in [0, 0.1) is 0 Å². The maximum Gasteiger partial charge on any atom is 0.140 e. The molecule has 0 unspecified atom stereocenters. The largest absolute Gasteiger partial charge is 0.327 e. The molecule has 0 spiro atoms. The van der Waals surface area contributed by atoms with E-state index in [4.69, 9.17) is 11.6 Å². The van der Waals surface area contributed by atoms with Gasteiger partial charge in [0.25, 0.3) is 0 Å². The Morgan fingerprint density at radius 2 is 2.24 bits per heavy atom. The minimum atomic E-state index is 0.719. The van der Waals surface area contributed by atoms with Crippen LogP contribution >= 0.6 is 22.9 Å². The summed E-state index contributed by atoms with van der Waals surface area (Å²) in [6.07, 6.45) is 6.70. The Labute approximate surface area is 132 Å². The molecule has 0 atom stereocenters. The third-order valence-electron chi connectivity index (χ3n) is 3.83. The van der Waals surface area contributed by atoms with Gasteiger partial charge in [0.2, 0.25) is 0 Å². The smallest absolute Gasteiger partial charge is 0.140 e. The summed E-state index contributed by atoms with van der Waals surface area (Å²) in [5, 5.41) is 4.83. The quantitative estimate of drug-likeness (QED) is 0.769. The zero-order valence-corrected chi connectivity index (χ0v) is 13.1. The topological polar surface area (TPSA) is 29.9 Å². The first-order chi connectivity index (χ1) is 10.3. The molecule has 21 heavy (non-hydrogen) atoms. The Morgan fingerprint density at radius 3 is 3.00 bits per heavy atom. The van der Waals surface area contributed by atoms with Crippen molar-refractivity contribution >= 4 is 34.0 Å². The van der Waals surface area contributed by atoms with Crippen molar-refractivity contribution in [2.45, 2.75) is 32.0 Å². The summed E-state index contributed by atoms with van der Waals surface area (Å²) in [7, 11) is 0. The van der Waals surface area contributed by atoms with Gasteiger partial charge in [-0.05, 0) is 42.7 Å². The van der Waals surface area contributed by atoms with Crippen LogP contribution in [0.5, 0.6) is 0 Å². The molecule has 1 aliphatic carbocycles. The summed E-state index contributed by atoms with van der Waals surface area (Å²) in [6, 6.07) is 8.93. The van der Waals surface area contributed by atoms with Crippen molar-refractivity contribution in [2.24, 2.45) is 0 Å². The van der Waals surface area contributed by atoms with Gasteiger partial charge in [0.15, 0.2) is 0 Å². The second-order valence-electron chi connectivity index (χ2n) is 5.52. The van der Waals surface area contributed by atoms with Gasteiger partial charge in [-0.2, -0.15) is 0 Å². The molecule has 0 saturated heterocycles. The van der Waals surface area contributed by atoms with E-state index in [9.17, 15) is 0 Å². The molecule has 1 N–H and O–H groups in total.